The normalized spacial score (nSPS) is 28.6. The molecule has 4 unspecified atom stereocenters. The first-order valence-electron chi connectivity index (χ1n) is 10.6. The van der Waals surface area contributed by atoms with Crippen molar-refractivity contribution in [3.05, 3.63) is 54.0 Å². The fourth-order valence-electron chi connectivity index (χ4n) is 4.70. The van der Waals surface area contributed by atoms with Gasteiger partial charge in [-0.15, -0.1) is 18.4 Å². The first-order valence-corrected chi connectivity index (χ1v) is 15.4. The topological polar surface area (TPSA) is 0 Å². The van der Waals surface area contributed by atoms with Crippen LogP contribution in [0.4, 0.5) is 0 Å². The quantitative estimate of drug-likeness (QED) is 0.417. The summed E-state index contributed by atoms with van der Waals surface area (Å²) in [5.74, 6) is 3.56. The molecule has 0 aliphatic heterocycles. The van der Waals surface area contributed by atoms with Crippen LogP contribution in [-0.4, -0.2) is 6.19 Å². The van der Waals surface area contributed by atoms with Crippen LogP contribution in [0.5, 0.6) is 0 Å². The van der Waals surface area contributed by atoms with Crippen LogP contribution < -0.4 is 24.8 Å². The molecule has 4 rings (SSSR count). The molecule has 0 amide bonds. The van der Waals surface area contributed by atoms with Crippen molar-refractivity contribution >= 4 is 6.19 Å². The van der Waals surface area contributed by atoms with Crippen LogP contribution in [-0.2, 0) is 19.2 Å². The van der Waals surface area contributed by atoms with E-state index in [2.05, 4.69) is 89.0 Å². The van der Waals surface area contributed by atoms with Gasteiger partial charge < -0.3 is 31.2 Å². The summed E-state index contributed by atoms with van der Waals surface area (Å²) in [6, 6.07) is 0. The molecule has 28 heavy (non-hydrogen) atoms. The number of hydrogen-bond acceptors (Lipinski definition) is 0. The van der Waals surface area contributed by atoms with E-state index in [1.807, 2.05) is 0 Å². The average molecular weight is 471 g/mol. The Morgan fingerprint density at radius 2 is 1.71 bits per heavy atom. The van der Waals surface area contributed by atoms with E-state index in [0.717, 1.165) is 36.5 Å². The summed E-state index contributed by atoms with van der Waals surface area (Å²) in [7, 11) is 0. The second-order valence-electron chi connectivity index (χ2n) is 8.03. The van der Waals surface area contributed by atoms with Gasteiger partial charge in [-0.1, -0.05) is 76.5 Å². The Labute approximate surface area is 198 Å². The fourth-order valence-corrected chi connectivity index (χ4v) is 4.70. The Bertz CT molecular complexity index is 569. The molecule has 0 spiro atoms. The Hall–Kier alpha value is 0.471. The minimum absolute atomic E-state index is 0. The van der Waals surface area contributed by atoms with Crippen molar-refractivity contribution in [3.8, 4) is 0 Å². The maximum Gasteiger partial charge on any atom is -1.00 e. The summed E-state index contributed by atoms with van der Waals surface area (Å²) in [5, 5.41) is 0. The number of fused-ring (bicyclic) bond motifs is 3. The minimum Gasteiger partial charge on any atom is -1.00 e. The van der Waals surface area contributed by atoms with Gasteiger partial charge in [-0.2, -0.15) is 17.6 Å². The summed E-state index contributed by atoms with van der Waals surface area (Å²) in [6.07, 6.45) is 26.9. The zero-order chi connectivity index (χ0) is 18.9. The molecule has 0 radical (unpaired) electrons. The van der Waals surface area contributed by atoms with Crippen LogP contribution in [0.15, 0.2) is 41.5 Å². The first-order chi connectivity index (χ1) is 12.6. The number of allylic oxidation sites excluding steroid dienone is 8. The van der Waals surface area contributed by atoms with Gasteiger partial charge in [-0.25, -0.2) is 5.57 Å². The summed E-state index contributed by atoms with van der Waals surface area (Å²) in [6.45, 7) is 8.93. The smallest absolute Gasteiger partial charge is 1.00 e. The van der Waals surface area contributed by atoms with Crippen LogP contribution in [0, 0.1) is 36.2 Å². The van der Waals surface area contributed by atoms with Crippen molar-refractivity contribution in [1.82, 2.24) is 0 Å². The molecule has 0 aromatic heterocycles. The zero-order valence-electron chi connectivity index (χ0n) is 18.0. The molecule has 0 aromatic rings. The molecule has 4 atom stereocenters. The third kappa shape index (κ3) is 8.68. The Morgan fingerprint density at radius 1 is 1.07 bits per heavy atom. The molecular weight excluding hydrogens is 435 g/mol. The van der Waals surface area contributed by atoms with Gasteiger partial charge in [0.05, 0.1) is 0 Å². The van der Waals surface area contributed by atoms with Crippen LogP contribution in [0.3, 0.4) is 0 Å². The predicted octanol–water partition coefficient (Wildman–Crippen LogP) is 1.03. The number of halogens is 2. The summed E-state index contributed by atoms with van der Waals surface area (Å²) < 4.78 is 0. The van der Waals surface area contributed by atoms with Gasteiger partial charge in [0.15, 0.2) is 0 Å². The van der Waals surface area contributed by atoms with E-state index < -0.39 is 0 Å². The molecule has 0 N–H and O–H groups in total. The number of hydrogen-bond donors (Lipinski definition) is 0. The molecule has 0 heterocycles. The molecule has 4 heteroatoms. The molecule has 156 valence electrons. The van der Waals surface area contributed by atoms with Gasteiger partial charge in [0.25, 0.3) is 0 Å². The Balaban J connectivity index is 0.000000432. The van der Waals surface area contributed by atoms with Gasteiger partial charge in [-0.05, 0) is 5.92 Å². The van der Waals surface area contributed by atoms with Crippen molar-refractivity contribution in [2.45, 2.75) is 71.9 Å². The van der Waals surface area contributed by atoms with E-state index in [0.29, 0.717) is 0 Å². The van der Waals surface area contributed by atoms with E-state index in [4.69, 9.17) is 0 Å². The molecule has 0 saturated heterocycles. The minimum atomic E-state index is 0. The predicted molar refractivity (Wildman–Crippen MR) is 113 cm³/mol. The Morgan fingerprint density at radius 3 is 2.32 bits per heavy atom. The third-order valence-corrected chi connectivity index (χ3v) is 5.85. The third-order valence-electron chi connectivity index (χ3n) is 5.85. The summed E-state index contributed by atoms with van der Waals surface area (Å²) in [5.41, 5.74) is 2.95. The van der Waals surface area contributed by atoms with Gasteiger partial charge in [0.2, 0.25) is 0 Å². The van der Waals surface area contributed by atoms with Crippen LogP contribution in [0.25, 0.3) is 0 Å². The van der Waals surface area contributed by atoms with Gasteiger partial charge >= 0.3 is 38.5 Å². The molecule has 4 aliphatic carbocycles. The van der Waals surface area contributed by atoms with Crippen molar-refractivity contribution < 1.29 is 44.0 Å². The molecule has 0 nitrogen and oxygen atoms in total. The van der Waals surface area contributed by atoms with Crippen LogP contribution in [0.1, 0.15) is 58.8 Å². The van der Waals surface area contributed by atoms with E-state index in [1.165, 1.54) is 43.3 Å². The number of rotatable bonds is 2. The van der Waals surface area contributed by atoms with E-state index >= 15 is 0 Å². The fraction of sp³-hybridized carbons (Fsp3) is 0.625. The summed E-state index contributed by atoms with van der Waals surface area (Å²) >= 11 is 2.27. The summed E-state index contributed by atoms with van der Waals surface area (Å²) in [4.78, 5) is 0. The zero-order valence-corrected chi connectivity index (χ0v) is 22.1. The standard InChI is InChI=1S/C13H17.C9H13.C2H6Si.2ClH.Ti/c1-3-7-12-10(5-1)9-11-6-2-4-8-13(11)12;1-3-8-6-5-7-9(8)4-2;1-3-2;;;/h1,3,5,7,9-13H,2,4,6,8H2;6H,3-5H2,1-2H3;1-2H3;2*1H;/q2*-1;;;;+2/p-2. The van der Waals surface area contributed by atoms with E-state index in [-0.39, 0.29) is 31.0 Å². The average Bonchev–Trinajstić information content (AvgIpc) is 3.25. The monoisotopic (exact) mass is 470 g/mol. The van der Waals surface area contributed by atoms with Crippen molar-refractivity contribution in [3.63, 3.8) is 0 Å². The first kappa shape index (κ1) is 28.5. The maximum atomic E-state index is 3.33. The van der Waals surface area contributed by atoms with Crippen LogP contribution >= 0.6 is 0 Å². The van der Waals surface area contributed by atoms with E-state index in [9.17, 15) is 0 Å². The second-order valence-corrected chi connectivity index (χ2v) is 14.7. The SMILES string of the molecule is C1=CC2[CH-]C3CCCCC3C2C=C1.CCC1=[C-]CC=C1CC.C[Si](C)=[Ti+2].[Cl-].[Cl-]. The van der Waals surface area contributed by atoms with E-state index in [1.54, 1.807) is 0 Å². The largest absolute Gasteiger partial charge is 1.00 e. The Kier molecular flexibility index (Phi) is 15.6. The molecule has 4 aliphatic rings. The van der Waals surface area contributed by atoms with Gasteiger partial charge in [0, 0.05) is 0 Å². The molecule has 2 fully saturated rings. The molecule has 0 bridgehead atoms. The van der Waals surface area contributed by atoms with Crippen molar-refractivity contribution in [1.29, 1.82) is 0 Å². The van der Waals surface area contributed by atoms with Crippen molar-refractivity contribution in [2.24, 2.45) is 23.7 Å². The van der Waals surface area contributed by atoms with Crippen LogP contribution in [0.2, 0.25) is 13.1 Å². The molecule has 0 aromatic carbocycles. The molecule has 2 saturated carbocycles. The van der Waals surface area contributed by atoms with Gasteiger partial charge in [-0.3, -0.25) is 6.08 Å². The van der Waals surface area contributed by atoms with Gasteiger partial charge in [0.1, 0.15) is 0 Å². The molecular formula is C24H36Cl2SiTi-2. The second kappa shape index (κ2) is 15.3. The maximum absolute atomic E-state index is 3.33. The van der Waals surface area contributed by atoms with Crippen molar-refractivity contribution in [2.75, 3.05) is 0 Å².